The van der Waals surface area contributed by atoms with E-state index in [1.807, 2.05) is 35.6 Å². The lowest BCUT2D eigenvalue weighted by Crippen LogP contribution is -1.96. The molecule has 312 valence electrons. The van der Waals surface area contributed by atoms with Gasteiger partial charge in [0, 0.05) is 69.5 Å². The predicted molar refractivity (Wildman–Crippen MR) is 283 cm³/mol. The van der Waals surface area contributed by atoms with Gasteiger partial charge in [0.05, 0.1) is 39.1 Å². The largest absolute Gasteiger partial charge is 0.309 e. The summed E-state index contributed by atoms with van der Waals surface area (Å²) in [6, 6.07) is 83.0. The monoisotopic (exact) mass is 870 g/mol. The highest BCUT2D eigenvalue weighted by Gasteiger charge is 2.21. The Bertz CT molecular complexity index is 4180. The zero-order valence-corrected chi connectivity index (χ0v) is 37.0. The molecule has 0 amide bonds. The normalized spacial score (nSPS) is 11.9. The highest BCUT2D eigenvalue weighted by molar-refractivity contribution is 7.26. The average molecular weight is 871 g/mol. The van der Waals surface area contributed by atoms with Crippen LogP contribution in [0.2, 0.25) is 0 Å². The first-order chi connectivity index (χ1) is 33.2. The number of thiophene rings is 1. The first-order valence-corrected chi connectivity index (χ1v) is 23.5. The van der Waals surface area contributed by atoms with Gasteiger partial charge in [-0.05, 0) is 71.1 Å². The molecule has 14 rings (SSSR count). The predicted octanol–water partition coefficient (Wildman–Crippen LogP) is 16.9. The number of fused-ring (bicyclic) bond motifs is 11. The molecule has 0 saturated carbocycles. The van der Waals surface area contributed by atoms with Gasteiger partial charge in [-0.2, -0.15) is 0 Å². The van der Waals surface area contributed by atoms with Crippen LogP contribution in [0.4, 0.5) is 0 Å². The van der Waals surface area contributed by atoms with Gasteiger partial charge < -0.3 is 9.13 Å². The van der Waals surface area contributed by atoms with Gasteiger partial charge in [0.2, 0.25) is 0 Å². The number of hydrogen-bond donors (Lipinski definition) is 0. The molecule has 0 aliphatic rings. The van der Waals surface area contributed by atoms with Crippen LogP contribution in [0.15, 0.2) is 231 Å². The summed E-state index contributed by atoms with van der Waals surface area (Å²) in [5, 5.41) is 10.2. The number of rotatable bonds is 6. The molecule has 4 heterocycles. The average Bonchev–Trinajstić information content (AvgIpc) is 4.05. The summed E-state index contributed by atoms with van der Waals surface area (Å²) in [7, 11) is 0. The van der Waals surface area contributed by atoms with E-state index in [0.29, 0.717) is 5.82 Å². The molecule has 0 saturated heterocycles. The van der Waals surface area contributed by atoms with E-state index in [-0.39, 0.29) is 0 Å². The van der Waals surface area contributed by atoms with Crippen LogP contribution in [-0.4, -0.2) is 19.1 Å². The van der Waals surface area contributed by atoms with E-state index in [1.165, 1.54) is 80.2 Å². The Hall–Kier alpha value is -8.64. The molecular weight excluding hydrogens is 833 g/mol. The summed E-state index contributed by atoms with van der Waals surface area (Å²) in [5.74, 6) is 0.716. The Morgan fingerprint density at radius 1 is 0.328 bits per heavy atom. The van der Waals surface area contributed by atoms with Crippen LogP contribution in [0.25, 0.3) is 131 Å². The molecule has 4 aromatic heterocycles. The van der Waals surface area contributed by atoms with Crippen molar-refractivity contribution < 1.29 is 0 Å². The highest BCUT2D eigenvalue weighted by atomic mass is 32.1. The SMILES string of the molecule is c1ccc(-c2cc(-c3ccc(-c4ccc(-n5c6ccccc6c6c7sc8cc9c(cc8c7ccc65)c5ccccc5n9-c5cccc6ccccc56)cc4)cc3)nc(-c3ccccc3)n2)cc1. The summed E-state index contributed by atoms with van der Waals surface area (Å²) in [6.45, 7) is 0. The molecule has 4 nitrogen and oxygen atoms in total. The zero-order chi connectivity index (χ0) is 44.0. The molecule has 0 spiro atoms. The van der Waals surface area contributed by atoms with E-state index < -0.39 is 0 Å². The minimum absolute atomic E-state index is 0.716. The fourth-order valence-electron chi connectivity index (χ4n) is 10.4. The highest BCUT2D eigenvalue weighted by Crippen LogP contribution is 2.46. The van der Waals surface area contributed by atoms with Gasteiger partial charge in [0.15, 0.2) is 5.82 Å². The lowest BCUT2D eigenvalue weighted by molar-refractivity contribution is 1.18. The van der Waals surface area contributed by atoms with Crippen molar-refractivity contribution in [2.24, 2.45) is 0 Å². The molecule has 0 atom stereocenters. The van der Waals surface area contributed by atoms with Crippen LogP contribution in [0.1, 0.15) is 0 Å². The van der Waals surface area contributed by atoms with E-state index in [9.17, 15) is 0 Å². The number of aromatic nitrogens is 4. The van der Waals surface area contributed by atoms with Crippen molar-refractivity contribution in [3.8, 4) is 56.4 Å². The first kappa shape index (κ1) is 37.7. The van der Waals surface area contributed by atoms with Crippen LogP contribution >= 0.6 is 11.3 Å². The van der Waals surface area contributed by atoms with Gasteiger partial charge in [0.25, 0.3) is 0 Å². The Balaban J connectivity index is 0.859. The molecule has 0 aliphatic carbocycles. The van der Waals surface area contributed by atoms with Gasteiger partial charge in [-0.25, -0.2) is 9.97 Å². The molecule has 0 N–H and O–H groups in total. The Kier molecular flexibility index (Phi) is 8.42. The molecular formula is C62H38N4S. The molecule has 67 heavy (non-hydrogen) atoms. The lowest BCUT2D eigenvalue weighted by Gasteiger charge is -2.11. The standard InChI is InChI=1S/C62H38N4S/c1-3-15-42(16-4-1)52-37-53(64-62(63-52)44-17-5-2-6-18-44)43-28-26-39(27-29-43)40-30-32-45(33-31-40)65-56-24-12-10-22-49(56)60-57(65)35-34-48-51-36-50-47-21-9-11-23-55(47)66(58(50)38-59(51)67-61(48)60)54-25-13-19-41-14-7-8-20-46(41)54/h1-38H. The van der Waals surface area contributed by atoms with Crippen molar-refractivity contribution in [1.29, 1.82) is 0 Å². The van der Waals surface area contributed by atoms with Crippen LogP contribution in [0.5, 0.6) is 0 Å². The molecule has 0 bridgehead atoms. The second-order valence-corrected chi connectivity index (χ2v) is 18.4. The summed E-state index contributed by atoms with van der Waals surface area (Å²) in [6.07, 6.45) is 0. The third-order valence-corrected chi connectivity index (χ3v) is 14.7. The maximum Gasteiger partial charge on any atom is 0.160 e. The van der Waals surface area contributed by atoms with E-state index in [1.54, 1.807) is 0 Å². The molecule has 0 unspecified atom stereocenters. The zero-order valence-electron chi connectivity index (χ0n) is 36.1. The summed E-state index contributed by atoms with van der Waals surface area (Å²) in [5.41, 5.74) is 14.4. The molecule has 0 aliphatic heterocycles. The minimum atomic E-state index is 0.716. The third-order valence-electron chi connectivity index (χ3n) is 13.5. The quantitative estimate of drug-likeness (QED) is 0.167. The van der Waals surface area contributed by atoms with Gasteiger partial charge in [-0.1, -0.05) is 176 Å². The van der Waals surface area contributed by atoms with E-state index >= 15 is 0 Å². The van der Waals surface area contributed by atoms with E-state index in [0.717, 1.165) is 44.9 Å². The summed E-state index contributed by atoms with van der Waals surface area (Å²) < 4.78 is 7.52. The lowest BCUT2D eigenvalue weighted by atomic mass is 10.0. The van der Waals surface area contributed by atoms with Crippen molar-refractivity contribution >= 4 is 85.9 Å². The van der Waals surface area contributed by atoms with E-state index in [4.69, 9.17) is 9.97 Å². The van der Waals surface area contributed by atoms with Crippen molar-refractivity contribution in [1.82, 2.24) is 19.1 Å². The number of hydrogen-bond acceptors (Lipinski definition) is 3. The van der Waals surface area contributed by atoms with Crippen LogP contribution in [0.3, 0.4) is 0 Å². The molecule has 0 radical (unpaired) electrons. The van der Waals surface area contributed by atoms with Crippen molar-refractivity contribution in [2.45, 2.75) is 0 Å². The second kappa shape index (κ2) is 15.0. The van der Waals surface area contributed by atoms with Gasteiger partial charge in [0.1, 0.15) is 0 Å². The van der Waals surface area contributed by atoms with Crippen LogP contribution in [0, 0.1) is 0 Å². The maximum atomic E-state index is 5.05. The fraction of sp³-hybridized carbons (Fsp3) is 0. The Labute approximate surface area is 389 Å². The Morgan fingerprint density at radius 2 is 0.910 bits per heavy atom. The molecule has 10 aromatic carbocycles. The van der Waals surface area contributed by atoms with Crippen molar-refractivity contribution in [2.75, 3.05) is 0 Å². The van der Waals surface area contributed by atoms with Crippen molar-refractivity contribution in [3.05, 3.63) is 231 Å². The van der Waals surface area contributed by atoms with Gasteiger partial charge in [-0.15, -0.1) is 11.3 Å². The van der Waals surface area contributed by atoms with Crippen molar-refractivity contribution in [3.63, 3.8) is 0 Å². The van der Waals surface area contributed by atoms with Gasteiger partial charge in [-0.3, -0.25) is 0 Å². The minimum Gasteiger partial charge on any atom is -0.309 e. The number of nitrogens with zero attached hydrogens (tertiary/aromatic N) is 4. The maximum absolute atomic E-state index is 5.05. The van der Waals surface area contributed by atoms with Gasteiger partial charge >= 0.3 is 0 Å². The van der Waals surface area contributed by atoms with E-state index in [2.05, 4.69) is 215 Å². The van der Waals surface area contributed by atoms with Crippen LogP contribution < -0.4 is 0 Å². The second-order valence-electron chi connectivity index (χ2n) is 17.3. The number of benzene rings is 10. The third kappa shape index (κ3) is 5.99. The fourth-order valence-corrected chi connectivity index (χ4v) is 11.7. The topological polar surface area (TPSA) is 35.6 Å². The smallest absolute Gasteiger partial charge is 0.160 e. The summed E-state index contributed by atoms with van der Waals surface area (Å²) >= 11 is 1.91. The number of para-hydroxylation sites is 2. The van der Waals surface area contributed by atoms with Crippen LogP contribution in [-0.2, 0) is 0 Å². The first-order valence-electron chi connectivity index (χ1n) is 22.7. The molecule has 0 fully saturated rings. The molecule has 14 aromatic rings. The summed E-state index contributed by atoms with van der Waals surface area (Å²) in [4.78, 5) is 10.0. The Morgan fingerprint density at radius 3 is 1.66 bits per heavy atom. The molecule has 5 heteroatoms.